The van der Waals surface area contributed by atoms with E-state index in [2.05, 4.69) is 65.8 Å². The summed E-state index contributed by atoms with van der Waals surface area (Å²) in [6.07, 6.45) is 8.70. The number of imidazole rings is 1. The molecule has 1 fully saturated rings. The fourth-order valence-corrected chi connectivity index (χ4v) is 5.48. The maximum atomic E-state index is 11.3. The highest BCUT2D eigenvalue weighted by atomic mass is 16.6. The standard InChI is InChI=1S/C33H36N10O5/c1-35-23-11-7-21(8-12-23)5-3-4-6-22-9-13-25(14-10-22)41(2)15-24-16-42(40-39-24)17-26-30(47-18-27(44)45)29(46)33(48-26)43-20-38-28-31(34)36-19-37-32(28)43/h3-14,16,19-20,26,29-30,33,35,46H,15,17-18H2,1-2H3,(H,44,45)(H2,34,36,37)/b5-3+,6-4+/t26-,29-,30-,33-/m1/s1. The van der Waals surface area contributed by atoms with Gasteiger partial charge in [-0.2, -0.15) is 0 Å². The maximum absolute atomic E-state index is 11.3. The number of anilines is 3. The number of benzene rings is 2. The van der Waals surface area contributed by atoms with E-state index in [1.807, 2.05) is 56.6 Å². The van der Waals surface area contributed by atoms with Crippen molar-refractivity contribution in [1.82, 2.24) is 34.5 Å². The Hall–Kier alpha value is -5.64. The topological polar surface area (TPSA) is 192 Å². The number of rotatable bonds is 13. The molecule has 15 heteroatoms. The van der Waals surface area contributed by atoms with Crippen LogP contribution < -0.4 is 16.0 Å². The molecule has 6 rings (SSSR count). The van der Waals surface area contributed by atoms with Crippen molar-refractivity contribution in [2.75, 3.05) is 36.7 Å². The minimum atomic E-state index is -1.23. The number of ether oxygens (including phenoxy) is 2. The fraction of sp³-hybridized carbons (Fsp3) is 0.273. The second-order valence-electron chi connectivity index (χ2n) is 11.3. The molecule has 5 aromatic rings. The number of allylic oxidation sites excluding steroid dienone is 2. The van der Waals surface area contributed by atoms with Crippen LogP contribution in [0.2, 0.25) is 0 Å². The molecule has 48 heavy (non-hydrogen) atoms. The number of nitrogens with one attached hydrogen (secondary N) is 1. The molecule has 0 bridgehead atoms. The molecule has 3 aromatic heterocycles. The molecule has 1 aliphatic rings. The lowest BCUT2D eigenvalue weighted by molar-refractivity contribution is -0.147. The van der Waals surface area contributed by atoms with Gasteiger partial charge >= 0.3 is 5.97 Å². The molecule has 0 spiro atoms. The number of aliphatic hydroxyl groups excluding tert-OH is 1. The van der Waals surface area contributed by atoms with Crippen molar-refractivity contribution < 1.29 is 24.5 Å². The van der Waals surface area contributed by atoms with E-state index in [0.717, 1.165) is 22.5 Å². The number of aromatic nitrogens is 7. The van der Waals surface area contributed by atoms with Gasteiger partial charge in [-0.15, -0.1) is 5.10 Å². The van der Waals surface area contributed by atoms with Crippen LogP contribution in [0.5, 0.6) is 0 Å². The highest BCUT2D eigenvalue weighted by Crippen LogP contribution is 2.34. The van der Waals surface area contributed by atoms with Crippen LogP contribution in [-0.4, -0.2) is 89.7 Å². The van der Waals surface area contributed by atoms with E-state index in [1.165, 1.54) is 17.2 Å². The Kier molecular flexibility index (Phi) is 9.70. The summed E-state index contributed by atoms with van der Waals surface area (Å²) < 4.78 is 14.9. The number of hydrogen-bond acceptors (Lipinski definition) is 12. The van der Waals surface area contributed by atoms with Gasteiger partial charge in [-0.3, -0.25) is 4.57 Å². The number of nitrogens with zero attached hydrogens (tertiary/aromatic N) is 8. The van der Waals surface area contributed by atoms with Crippen molar-refractivity contribution in [3.63, 3.8) is 0 Å². The average molecular weight is 653 g/mol. The zero-order chi connectivity index (χ0) is 33.6. The first-order valence-electron chi connectivity index (χ1n) is 15.2. The van der Waals surface area contributed by atoms with Crippen molar-refractivity contribution in [3.8, 4) is 0 Å². The van der Waals surface area contributed by atoms with Crippen LogP contribution in [0.15, 0.2) is 79.5 Å². The van der Waals surface area contributed by atoms with Crippen LogP contribution in [0, 0.1) is 0 Å². The molecule has 2 aromatic carbocycles. The Balaban J connectivity index is 1.07. The number of carbonyl (C=O) groups is 1. The third kappa shape index (κ3) is 7.33. The molecule has 0 radical (unpaired) electrons. The molecule has 15 nitrogen and oxygen atoms in total. The van der Waals surface area contributed by atoms with Gasteiger partial charge in [0.2, 0.25) is 0 Å². The summed E-state index contributed by atoms with van der Waals surface area (Å²) in [6, 6.07) is 16.4. The number of aliphatic hydroxyl groups is 1. The Labute approximate surface area is 276 Å². The van der Waals surface area contributed by atoms with Gasteiger partial charge in [0, 0.05) is 25.5 Å². The van der Waals surface area contributed by atoms with Gasteiger partial charge < -0.3 is 35.6 Å². The van der Waals surface area contributed by atoms with Gasteiger partial charge in [0.05, 0.1) is 25.6 Å². The first kappa shape index (κ1) is 32.3. The summed E-state index contributed by atoms with van der Waals surface area (Å²) >= 11 is 0. The van der Waals surface area contributed by atoms with E-state index in [1.54, 1.807) is 10.9 Å². The van der Waals surface area contributed by atoms with Crippen LogP contribution >= 0.6 is 0 Å². The van der Waals surface area contributed by atoms with Crippen LogP contribution in [0.25, 0.3) is 23.3 Å². The summed E-state index contributed by atoms with van der Waals surface area (Å²) in [5.41, 5.74) is 11.6. The number of aliphatic carboxylic acids is 1. The van der Waals surface area contributed by atoms with Gasteiger partial charge in [-0.05, 0) is 35.4 Å². The van der Waals surface area contributed by atoms with Crippen LogP contribution in [-0.2, 0) is 27.4 Å². The molecular formula is C33H36N10O5. The van der Waals surface area contributed by atoms with Crippen molar-refractivity contribution in [1.29, 1.82) is 0 Å². The fourth-order valence-electron chi connectivity index (χ4n) is 5.48. The summed E-state index contributed by atoms with van der Waals surface area (Å²) in [7, 11) is 3.87. The molecule has 4 heterocycles. The summed E-state index contributed by atoms with van der Waals surface area (Å²) in [4.78, 5) is 25.7. The number of carboxylic acids is 1. The Morgan fingerprint density at radius 1 is 1.08 bits per heavy atom. The van der Waals surface area contributed by atoms with Gasteiger partial charge in [0.1, 0.15) is 42.5 Å². The lowest BCUT2D eigenvalue weighted by Crippen LogP contribution is -2.38. The molecule has 248 valence electrons. The number of nitrogen functional groups attached to an aromatic ring is 1. The van der Waals surface area contributed by atoms with Gasteiger partial charge in [0.15, 0.2) is 17.7 Å². The zero-order valence-electron chi connectivity index (χ0n) is 26.4. The summed E-state index contributed by atoms with van der Waals surface area (Å²) in [5.74, 6) is -0.985. The zero-order valence-corrected chi connectivity index (χ0v) is 26.4. The van der Waals surface area contributed by atoms with E-state index in [4.69, 9.17) is 15.2 Å². The van der Waals surface area contributed by atoms with Crippen LogP contribution in [0.1, 0.15) is 23.0 Å². The van der Waals surface area contributed by atoms with Crippen molar-refractivity contribution >= 4 is 46.5 Å². The van der Waals surface area contributed by atoms with Gasteiger partial charge in [-0.1, -0.05) is 53.8 Å². The molecule has 0 aliphatic carbocycles. The molecule has 4 atom stereocenters. The molecule has 0 amide bonds. The summed E-state index contributed by atoms with van der Waals surface area (Å²) in [5, 5.41) is 32.1. The van der Waals surface area contributed by atoms with E-state index >= 15 is 0 Å². The Morgan fingerprint density at radius 3 is 2.48 bits per heavy atom. The molecule has 5 N–H and O–H groups in total. The summed E-state index contributed by atoms with van der Waals surface area (Å²) in [6.45, 7) is 0.0234. The number of nitrogens with two attached hydrogens (primary N) is 1. The highest BCUT2D eigenvalue weighted by molar-refractivity contribution is 5.81. The first-order chi connectivity index (χ1) is 23.3. The van der Waals surface area contributed by atoms with Gasteiger partial charge in [-0.25, -0.2) is 24.4 Å². The third-order valence-corrected chi connectivity index (χ3v) is 7.94. The van der Waals surface area contributed by atoms with E-state index in [-0.39, 0.29) is 12.4 Å². The first-order valence-corrected chi connectivity index (χ1v) is 15.2. The number of fused-ring (bicyclic) bond motifs is 1. The van der Waals surface area contributed by atoms with Crippen LogP contribution in [0.3, 0.4) is 0 Å². The van der Waals surface area contributed by atoms with Crippen molar-refractivity contribution in [2.45, 2.75) is 37.6 Å². The normalized spacial score (nSPS) is 19.5. The minimum absolute atomic E-state index is 0.148. The monoisotopic (exact) mass is 652 g/mol. The molecule has 0 unspecified atom stereocenters. The minimum Gasteiger partial charge on any atom is -0.480 e. The Bertz CT molecular complexity index is 1900. The lowest BCUT2D eigenvalue weighted by Gasteiger charge is -2.20. The molecule has 0 saturated carbocycles. The van der Waals surface area contributed by atoms with Crippen molar-refractivity contribution in [2.24, 2.45) is 0 Å². The van der Waals surface area contributed by atoms with E-state index in [0.29, 0.717) is 23.4 Å². The maximum Gasteiger partial charge on any atom is 0.329 e. The van der Waals surface area contributed by atoms with Crippen LogP contribution in [0.4, 0.5) is 17.2 Å². The molecule has 1 saturated heterocycles. The quantitative estimate of drug-likeness (QED) is 0.136. The van der Waals surface area contributed by atoms with E-state index < -0.39 is 37.1 Å². The predicted octanol–water partition coefficient (Wildman–Crippen LogP) is 2.83. The second-order valence-corrected chi connectivity index (χ2v) is 11.3. The average Bonchev–Trinajstić information content (AvgIpc) is 3.80. The SMILES string of the molecule is CNc1ccc(/C=C/C=C/c2ccc(N(C)Cc3cn(C[C@H]4O[C@@H](n5cnc6c(N)ncnc65)[C@H](O)[C@@H]4OCC(=O)O)nn3)cc2)cc1. The third-order valence-electron chi connectivity index (χ3n) is 7.94. The predicted molar refractivity (Wildman–Crippen MR) is 180 cm³/mol. The molecular weight excluding hydrogens is 616 g/mol. The Morgan fingerprint density at radius 2 is 1.79 bits per heavy atom. The number of hydrogen-bond donors (Lipinski definition) is 4. The van der Waals surface area contributed by atoms with Gasteiger partial charge in [0.25, 0.3) is 0 Å². The van der Waals surface area contributed by atoms with Crippen molar-refractivity contribution in [3.05, 3.63) is 96.4 Å². The second kappa shape index (κ2) is 14.4. The molecule has 1 aliphatic heterocycles. The lowest BCUT2D eigenvalue weighted by atomic mass is 10.1. The largest absolute Gasteiger partial charge is 0.480 e. The highest BCUT2D eigenvalue weighted by Gasteiger charge is 2.46. The smallest absolute Gasteiger partial charge is 0.329 e. The van der Waals surface area contributed by atoms with E-state index in [9.17, 15) is 15.0 Å². The number of carboxylic acid groups (broad SMARTS) is 1.